The van der Waals surface area contributed by atoms with Gasteiger partial charge < -0.3 is 10.6 Å². The van der Waals surface area contributed by atoms with Crippen LogP contribution in [0.25, 0.3) is 0 Å². The van der Waals surface area contributed by atoms with Crippen molar-refractivity contribution in [3.63, 3.8) is 0 Å². The highest BCUT2D eigenvalue weighted by atomic mass is 14.8. The maximum atomic E-state index is 3.18. The van der Waals surface area contributed by atoms with Gasteiger partial charge in [0.05, 0.1) is 0 Å². The van der Waals surface area contributed by atoms with Crippen LogP contribution in [0.1, 0.15) is 11.1 Å². The maximum absolute atomic E-state index is 3.18. The lowest BCUT2D eigenvalue weighted by molar-refractivity contribution is 0.763. The maximum Gasteiger partial charge on any atom is 0.0205 e. The number of nitrogens with one attached hydrogen (secondary N) is 2. The van der Waals surface area contributed by atoms with Crippen molar-refractivity contribution < 1.29 is 0 Å². The molecule has 13 heavy (non-hydrogen) atoms. The van der Waals surface area contributed by atoms with Gasteiger partial charge in [-0.05, 0) is 38.2 Å². The number of hydrogen-bond acceptors (Lipinski definition) is 2. The summed E-state index contributed by atoms with van der Waals surface area (Å²) in [6, 6.07) is 8.57. The van der Waals surface area contributed by atoms with Gasteiger partial charge in [0.2, 0.25) is 0 Å². The molecule has 0 bridgehead atoms. The van der Waals surface area contributed by atoms with Gasteiger partial charge in [-0.3, -0.25) is 0 Å². The number of rotatable bonds is 5. The molecule has 1 aromatic carbocycles. The zero-order chi connectivity index (χ0) is 9.52. The van der Waals surface area contributed by atoms with Crippen molar-refractivity contribution in [3.05, 3.63) is 35.4 Å². The highest BCUT2D eigenvalue weighted by Gasteiger charge is 1.98. The Labute approximate surface area is 80.4 Å². The molecule has 1 rings (SSSR count). The Morgan fingerprint density at radius 3 is 2.31 bits per heavy atom. The molecule has 0 radical (unpaired) electrons. The van der Waals surface area contributed by atoms with E-state index in [1.54, 1.807) is 0 Å². The largest absolute Gasteiger partial charge is 0.319 e. The molecule has 2 N–H and O–H groups in total. The van der Waals surface area contributed by atoms with Gasteiger partial charge in [-0.25, -0.2) is 0 Å². The minimum atomic E-state index is 0.958. The summed E-state index contributed by atoms with van der Waals surface area (Å²) in [6.45, 7) is 2.00. The SMILES string of the molecule is CNCCc1ccccc1CNC. The molecule has 0 amide bonds. The summed E-state index contributed by atoms with van der Waals surface area (Å²) >= 11 is 0. The Bertz CT molecular complexity index is 246. The first-order valence-electron chi connectivity index (χ1n) is 4.74. The van der Waals surface area contributed by atoms with Crippen LogP contribution in [-0.2, 0) is 13.0 Å². The minimum absolute atomic E-state index is 0.958. The van der Waals surface area contributed by atoms with E-state index in [2.05, 4.69) is 34.9 Å². The quantitative estimate of drug-likeness (QED) is 0.707. The van der Waals surface area contributed by atoms with Crippen molar-refractivity contribution in [2.75, 3.05) is 20.6 Å². The predicted molar refractivity (Wildman–Crippen MR) is 56.8 cm³/mol. The number of benzene rings is 1. The first kappa shape index (κ1) is 10.2. The molecule has 2 nitrogen and oxygen atoms in total. The molecule has 2 heteroatoms. The molecular formula is C11H18N2. The van der Waals surface area contributed by atoms with Crippen molar-refractivity contribution in [2.45, 2.75) is 13.0 Å². The molecule has 0 aliphatic rings. The van der Waals surface area contributed by atoms with Crippen molar-refractivity contribution in [2.24, 2.45) is 0 Å². The summed E-state index contributed by atoms with van der Waals surface area (Å²) in [6.07, 6.45) is 1.11. The lowest BCUT2D eigenvalue weighted by Gasteiger charge is -2.08. The second-order valence-electron chi connectivity index (χ2n) is 3.15. The Hall–Kier alpha value is -0.860. The van der Waals surface area contributed by atoms with E-state index < -0.39 is 0 Å². The highest BCUT2D eigenvalue weighted by molar-refractivity contribution is 5.27. The van der Waals surface area contributed by atoms with Crippen LogP contribution in [0, 0.1) is 0 Å². The van der Waals surface area contributed by atoms with E-state index in [1.807, 2.05) is 14.1 Å². The van der Waals surface area contributed by atoms with E-state index >= 15 is 0 Å². The minimum Gasteiger partial charge on any atom is -0.319 e. The second kappa shape index (κ2) is 5.73. The van der Waals surface area contributed by atoms with Crippen molar-refractivity contribution in [1.82, 2.24) is 10.6 Å². The standard InChI is InChI=1S/C11H18N2/c1-12-8-7-10-5-3-4-6-11(10)9-13-2/h3-6,12-13H,7-9H2,1-2H3. The summed E-state index contributed by atoms with van der Waals surface area (Å²) in [5.41, 5.74) is 2.84. The Morgan fingerprint density at radius 2 is 1.69 bits per heavy atom. The molecule has 0 heterocycles. The van der Waals surface area contributed by atoms with Crippen LogP contribution in [0.5, 0.6) is 0 Å². The van der Waals surface area contributed by atoms with Crippen molar-refractivity contribution >= 4 is 0 Å². The van der Waals surface area contributed by atoms with E-state index in [-0.39, 0.29) is 0 Å². The van der Waals surface area contributed by atoms with Gasteiger partial charge in [0.15, 0.2) is 0 Å². The average Bonchev–Trinajstić information content (AvgIpc) is 2.17. The third-order valence-corrected chi connectivity index (χ3v) is 2.13. The fraction of sp³-hybridized carbons (Fsp3) is 0.455. The van der Waals surface area contributed by atoms with Gasteiger partial charge in [0, 0.05) is 6.54 Å². The molecule has 0 unspecified atom stereocenters. The topological polar surface area (TPSA) is 24.1 Å². The molecule has 1 aromatic rings. The van der Waals surface area contributed by atoms with Gasteiger partial charge in [-0.1, -0.05) is 24.3 Å². The van der Waals surface area contributed by atoms with Crippen LogP contribution in [0.2, 0.25) is 0 Å². The fourth-order valence-corrected chi connectivity index (χ4v) is 1.42. The molecule has 0 saturated heterocycles. The van der Waals surface area contributed by atoms with Gasteiger partial charge in [0.1, 0.15) is 0 Å². The second-order valence-corrected chi connectivity index (χ2v) is 3.15. The molecule has 0 aliphatic carbocycles. The molecule has 0 aliphatic heterocycles. The summed E-state index contributed by atoms with van der Waals surface area (Å²) in [5.74, 6) is 0. The van der Waals surface area contributed by atoms with E-state index in [9.17, 15) is 0 Å². The van der Waals surface area contributed by atoms with Crippen LogP contribution < -0.4 is 10.6 Å². The zero-order valence-electron chi connectivity index (χ0n) is 8.43. The summed E-state index contributed by atoms with van der Waals surface area (Å²) in [4.78, 5) is 0. The smallest absolute Gasteiger partial charge is 0.0205 e. The summed E-state index contributed by atoms with van der Waals surface area (Å²) in [5, 5.41) is 6.35. The first-order chi connectivity index (χ1) is 6.38. The molecule has 72 valence electrons. The zero-order valence-corrected chi connectivity index (χ0v) is 8.43. The summed E-state index contributed by atoms with van der Waals surface area (Å²) in [7, 11) is 3.97. The molecule has 0 aromatic heterocycles. The predicted octanol–water partition coefficient (Wildman–Crippen LogP) is 1.17. The van der Waals surface area contributed by atoms with Gasteiger partial charge in [-0.15, -0.1) is 0 Å². The fourth-order valence-electron chi connectivity index (χ4n) is 1.42. The van der Waals surface area contributed by atoms with Gasteiger partial charge >= 0.3 is 0 Å². The van der Waals surface area contributed by atoms with Crippen molar-refractivity contribution in [1.29, 1.82) is 0 Å². The molecular weight excluding hydrogens is 160 g/mol. The van der Waals surface area contributed by atoms with Crippen LogP contribution in [0.15, 0.2) is 24.3 Å². The Kier molecular flexibility index (Phi) is 4.50. The molecule has 0 fully saturated rings. The van der Waals surface area contributed by atoms with E-state index in [4.69, 9.17) is 0 Å². The monoisotopic (exact) mass is 178 g/mol. The Morgan fingerprint density at radius 1 is 1.00 bits per heavy atom. The van der Waals surface area contributed by atoms with Crippen LogP contribution in [0.4, 0.5) is 0 Å². The first-order valence-corrected chi connectivity index (χ1v) is 4.74. The van der Waals surface area contributed by atoms with Gasteiger partial charge in [-0.2, -0.15) is 0 Å². The van der Waals surface area contributed by atoms with E-state index in [0.29, 0.717) is 0 Å². The number of hydrogen-bond donors (Lipinski definition) is 2. The molecule has 0 saturated carbocycles. The average molecular weight is 178 g/mol. The van der Waals surface area contributed by atoms with Crippen LogP contribution in [0.3, 0.4) is 0 Å². The lowest BCUT2D eigenvalue weighted by Crippen LogP contribution is -2.13. The van der Waals surface area contributed by atoms with Crippen molar-refractivity contribution in [3.8, 4) is 0 Å². The molecule has 0 atom stereocenters. The van der Waals surface area contributed by atoms with Crippen LogP contribution >= 0.6 is 0 Å². The lowest BCUT2D eigenvalue weighted by atomic mass is 10.0. The third-order valence-electron chi connectivity index (χ3n) is 2.13. The molecule has 0 spiro atoms. The van der Waals surface area contributed by atoms with E-state index in [1.165, 1.54) is 11.1 Å². The summed E-state index contributed by atoms with van der Waals surface area (Å²) < 4.78 is 0. The van der Waals surface area contributed by atoms with Crippen LogP contribution in [-0.4, -0.2) is 20.6 Å². The number of likely N-dealkylation sites (N-methyl/N-ethyl adjacent to an activating group) is 1. The van der Waals surface area contributed by atoms with E-state index in [0.717, 1.165) is 19.5 Å². The highest BCUT2D eigenvalue weighted by Crippen LogP contribution is 2.08. The Balaban J connectivity index is 2.66. The normalized spacial score (nSPS) is 10.3. The van der Waals surface area contributed by atoms with Gasteiger partial charge in [0.25, 0.3) is 0 Å². The third kappa shape index (κ3) is 3.17.